The van der Waals surface area contributed by atoms with E-state index in [0.717, 1.165) is 37.0 Å². The Morgan fingerprint density at radius 1 is 1.08 bits per heavy atom. The molecule has 0 aliphatic rings. The first-order valence-corrected chi connectivity index (χ1v) is 9.48. The quantitative estimate of drug-likeness (QED) is 0.706. The Balaban J connectivity index is 2.26. The first-order chi connectivity index (χ1) is 11.6. The summed E-state index contributed by atoms with van der Waals surface area (Å²) in [6, 6.07) is 8.72. The number of alkyl halides is 3. The van der Waals surface area contributed by atoms with E-state index in [2.05, 4.69) is 11.6 Å². The van der Waals surface area contributed by atoms with Crippen LogP contribution in [-0.4, -0.2) is 8.42 Å². The van der Waals surface area contributed by atoms with Crippen LogP contribution in [0, 0.1) is 0 Å². The molecule has 0 amide bonds. The fourth-order valence-electron chi connectivity index (χ4n) is 2.20. The Morgan fingerprint density at radius 3 is 2.28 bits per heavy atom. The number of benzene rings is 2. The van der Waals surface area contributed by atoms with Crippen molar-refractivity contribution in [2.45, 2.75) is 37.3 Å². The first kappa shape index (κ1) is 19.6. The van der Waals surface area contributed by atoms with Crippen LogP contribution in [0.5, 0.6) is 0 Å². The number of anilines is 1. The summed E-state index contributed by atoms with van der Waals surface area (Å²) in [7, 11) is -4.04. The third-order valence-corrected chi connectivity index (χ3v) is 5.30. The van der Waals surface area contributed by atoms with Crippen molar-refractivity contribution in [3.05, 3.63) is 58.6 Å². The zero-order valence-corrected chi connectivity index (χ0v) is 15.0. The van der Waals surface area contributed by atoms with Crippen LogP contribution in [0.4, 0.5) is 18.9 Å². The number of rotatable bonds is 6. The van der Waals surface area contributed by atoms with Crippen LogP contribution in [0.25, 0.3) is 0 Å². The summed E-state index contributed by atoms with van der Waals surface area (Å²) < 4.78 is 65.2. The number of nitrogens with one attached hydrogen (secondary N) is 1. The van der Waals surface area contributed by atoms with Gasteiger partial charge in [-0.3, -0.25) is 4.72 Å². The lowest BCUT2D eigenvalue weighted by Gasteiger charge is -2.13. The molecule has 2 aromatic carbocycles. The van der Waals surface area contributed by atoms with Crippen molar-refractivity contribution in [3.8, 4) is 0 Å². The largest absolute Gasteiger partial charge is 0.416 e. The van der Waals surface area contributed by atoms with Gasteiger partial charge < -0.3 is 0 Å². The van der Waals surface area contributed by atoms with E-state index in [1.54, 1.807) is 12.1 Å². The van der Waals surface area contributed by atoms with E-state index in [1.165, 1.54) is 12.1 Å². The van der Waals surface area contributed by atoms with Crippen molar-refractivity contribution in [2.75, 3.05) is 4.72 Å². The zero-order chi connectivity index (χ0) is 18.7. The summed E-state index contributed by atoms with van der Waals surface area (Å²) in [5.41, 5.74) is -0.297. The van der Waals surface area contributed by atoms with Crippen molar-refractivity contribution >= 4 is 27.3 Å². The first-order valence-electron chi connectivity index (χ1n) is 7.62. The number of hydrogen-bond acceptors (Lipinski definition) is 2. The van der Waals surface area contributed by atoms with E-state index in [0.29, 0.717) is 6.07 Å². The number of halogens is 4. The molecule has 0 saturated heterocycles. The van der Waals surface area contributed by atoms with Crippen molar-refractivity contribution in [2.24, 2.45) is 0 Å². The second kappa shape index (κ2) is 7.66. The van der Waals surface area contributed by atoms with Crippen molar-refractivity contribution < 1.29 is 21.6 Å². The summed E-state index contributed by atoms with van der Waals surface area (Å²) in [5.74, 6) is 0. The maximum absolute atomic E-state index is 12.8. The van der Waals surface area contributed by atoms with Crippen LogP contribution in [0.1, 0.15) is 30.9 Å². The van der Waals surface area contributed by atoms with E-state index < -0.39 is 21.8 Å². The molecule has 1 N–H and O–H groups in total. The van der Waals surface area contributed by atoms with E-state index in [1.807, 2.05) is 0 Å². The highest BCUT2D eigenvalue weighted by Crippen LogP contribution is 2.34. The lowest BCUT2D eigenvalue weighted by molar-refractivity contribution is -0.137. The standard InChI is InChI=1S/C17H17ClF3NO2S/c1-2-3-4-12-5-8-14(9-6-12)25(23,24)22-16-11-13(17(19,20)21)7-10-15(16)18/h5-11,22H,2-4H2,1H3. The molecule has 0 aromatic heterocycles. The van der Waals surface area contributed by atoms with Gasteiger partial charge in [-0.15, -0.1) is 0 Å². The fraction of sp³-hybridized carbons (Fsp3) is 0.294. The van der Waals surface area contributed by atoms with Crippen LogP contribution >= 0.6 is 11.6 Å². The fourth-order valence-corrected chi connectivity index (χ4v) is 3.49. The molecule has 8 heteroatoms. The van der Waals surface area contributed by atoms with Crippen LogP contribution in [0.3, 0.4) is 0 Å². The maximum atomic E-state index is 12.8. The van der Waals surface area contributed by atoms with Crippen molar-refractivity contribution in [3.63, 3.8) is 0 Å². The minimum absolute atomic E-state index is 0.0405. The molecule has 0 aliphatic heterocycles. The van der Waals surface area contributed by atoms with Gasteiger partial charge in [-0.2, -0.15) is 13.2 Å². The van der Waals surface area contributed by atoms with Gasteiger partial charge in [0, 0.05) is 0 Å². The van der Waals surface area contributed by atoms with Crippen molar-refractivity contribution in [1.82, 2.24) is 0 Å². The van der Waals surface area contributed by atoms with Crippen LogP contribution in [0.15, 0.2) is 47.4 Å². The summed E-state index contributed by atoms with van der Waals surface area (Å²) in [6.07, 6.45) is -1.74. The highest BCUT2D eigenvalue weighted by molar-refractivity contribution is 7.92. The summed E-state index contributed by atoms with van der Waals surface area (Å²) in [5, 5.41) is -0.115. The van der Waals surface area contributed by atoms with E-state index in [-0.39, 0.29) is 15.6 Å². The zero-order valence-electron chi connectivity index (χ0n) is 13.4. The van der Waals surface area contributed by atoms with Gasteiger partial charge in [-0.25, -0.2) is 8.42 Å². The summed E-state index contributed by atoms with van der Waals surface area (Å²) >= 11 is 5.83. The van der Waals surface area contributed by atoms with Crippen LogP contribution in [0.2, 0.25) is 5.02 Å². The van der Waals surface area contributed by atoms with Crippen molar-refractivity contribution in [1.29, 1.82) is 0 Å². The minimum Gasteiger partial charge on any atom is -0.278 e. The van der Waals surface area contributed by atoms with E-state index in [4.69, 9.17) is 11.6 Å². The molecule has 2 aromatic rings. The lowest BCUT2D eigenvalue weighted by Crippen LogP contribution is -2.14. The predicted octanol–water partition coefficient (Wildman–Crippen LogP) is 5.50. The molecule has 0 saturated carbocycles. The molecule has 0 aliphatic carbocycles. The highest BCUT2D eigenvalue weighted by atomic mass is 35.5. The summed E-state index contributed by atoms with van der Waals surface area (Å²) in [6.45, 7) is 2.06. The molecule has 25 heavy (non-hydrogen) atoms. The number of sulfonamides is 1. The predicted molar refractivity (Wildman–Crippen MR) is 92.3 cm³/mol. The molecule has 0 radical (unpaired) electrons. The molecule has 136 valence electrons. The Hall–Kier alpha value is -1.73. The molecule has 0 unspecified atom stereocenters. The molecular formula is C17H17ClF3NO2S. The van der Waals surface area contributed by atoms with Gasteiger partial charge in [0.25, 0.3) is 10.0 Å². The molecule has 0 spiro atoms. The third-order valence-electron chi connectivity index (χ3n) is 3.59. The van der Waals surface area contributed by atoms with Crippen LogP contribution < -0.4 is 4.72 Å². The van der Waals surface area contributed by atoms with E-state index in [9.17, 15) is 21.6 Å². The van der Waals surface area contributed by atoms with Gasteiger partial charge in [0.2, 0.25) is 0 Å². The molecule has 0 heterocycles. The van der Waals surface area contributed by atoms with Gasteiger partial charge in [-0.05, 0) is 48.7 Å². The van der Waals surface area contributed by atoms with Gasteiger partial charge >= 0.3 is 6.18 Å². The molecule has 0 bridgehead atoms. The second-order valence-corrected chi connectivity index (χ2v) is 7.63. The summed E-state index contributed by atoms with van der Waals surface area (Å²) in [4.78, 5) is -0.0405. The Bertz CT molecular complexity index is 834. The second-order valence-electron chi connectivity index (χ2n) is 5.55. The smallest absolute Gasteiger partial charge is 0.278 e. The maximum Gasteiger partial charge on any atom is 0.416 e. The molecular weight excluding hydrogens is 375 g/mol. The highest BCUT2D eigenvalue weighted by Gasteiger charge is 2.31. The number of aryl methyl sites for hydroxylation is 1. The Labute approximate surface area is 149 Å². The number of hydrogen-bond donors (Lipinski definition) is 1. The topological polar surface area (TPSA) is 46.2 Å². The average molecular weight is 392 g/mol. The molecule has 0 atom stereocenters. The van der Waals surface area contributed by atoms with Gasteiger partial charge in [-0.1, -0.05) is 37.1 Å². The van der Waals surface area contributed by atoms with Gasteiger partial charge in [0.05, 0.1) is 21.2 Å². The molecule has 0 fully saturated rings. The number of unbranched alkanes of at least 4 members (excludes halogenated alkanes) is 1. The monoisotopic (exact) mass is 391 g/mol. The average Bonchev–Trinajstić information content (AvgIpc) is 2.54. The third kappa shape index (κ3) is 5.12. The Kier molecular flexibility index (Phi) is 6.00. The molecule has 3 nitrogen and oxygen atoms in total. The van der Waals surface area contributed by atoms with Crippen LogP contribution in [-0.2, 0) is 22.6 Å². The molecule has 2 rings (SSSR count). The minimum atomic E-state index is -4.59. The Morgan fingerprint density at radius 2 is 1.72 bits per heavy atom. The SMILES string of the molecule is CCCCc1ccc(S(=O)(=O)Nc2cc(C(F)(F)F)ccc2Cl)cc1. The van der Waals surface area contributed by atoms with Gasteiger partial charge in [0.15, 0.2) is 0 Å². The van der Waals surface area contributed by atoms with E-state index >= 15 is 0 Å². The van der Waals surface area contributed by atoms with Gasteiger partial charge in [0.1, 0.15) is 0 Å². The normalized spacial score (nSPS) is 12.2. The lowest BCUT2D eigenvalue weighted by atomic mass is 10.1.